The Bertz CT molecular complexity index is 880. The predicted octanol–water partition coefficient (Wildman–Crippen LogP) is 3.52. The molecule has 0 amide bonds. The maximum absolute atomic E-state index is 5.90. The van der Waals surface area contributed by atoms with Crippen molar-refractivity contribution >= 4 is 23.4 Å². The van der Waals surface area contributed by atoms with Gasteiger partial charge in [0.15, 0.2) is 11.6 Å². The molecule has 0 aliphatic rings. The van der Waals surface area contributed by atoms with E-state index in [0.29, 0.717) is 35.9 Å². The van der Waals surface area contributed by atoms with Gasteiger partial charge < -0.3 is 20.7 Å². The van der Waals surface area contributed by atoms with Gasteiger partial charge in [-0.25, -0.2) is 4.98 Å². The molecule has 8 heteroatoms. The van der Waals surface area contributed by atoms with Crippen LogP contribution < -0.4 is 16.2 Å². The van der Waals surface area contributed by atoms with Crippen LogP contribution in [0.3, 0.4) is 0 Å². The summed E-state index contributed by atoms with van der Waals surface area (Å²) in [5.74, 6) is 1.71. The Kier molecular flexibility index (Phi) is 5.58. The van der Waals surface area contributed by atoms with Crippen molar-refractivity contribution in [3.8, 4) is 17.0 Å². The molecule has 1 aromatic carbocycles. The van der Waals surface area contributed by atoms with Crippen LogP contribution in [0, 0.1) is 0 Å². The summed E-state index contributed by atoms with van der Waals surface area (Å²) in [5.41, 5.74) is 13.9. The lowest BCUT2D eigenvalue weighted by atomic mass is 10.1. The number of hydrogen-bond donors (Lipinski definition) is 2. The molecule has 3 rings (SSSR count). The Hall–Kier alpha value is -2.80. The monoisotopic (exact) mass is 373 g/mol. The molecule has 7 nitrogen and oxygen atoms in total. The first-order valence-corrected chi connectivity index (χ1v) is 8.70. The molecule has 0 atom stereocenters. The van der Waals surface area contributed by atoms with Crippen molar-refractivity contribution in [2.75, 3.05) is 18.1 Å². The van der Waals surface area contributed by atoms with Crippen molar-refractivity contribution in [3.63, 3.8) is 0 Å². The van der Waals surface area contributed by atoms with E-state index in [2.05, 4.69) is 15.1 Å². The summed E-state index contributed by atoms with van der Waals surface area (Å²) in [6.45, 7) is 2.42. The van der Waals surface area contributed by atoms with Crippen LogP contribution in [0.15, 0.2) is 34.9 Å². The third-order valence-electron chi connectivity index (χ3n) is 3.83. The largest absolute Gasteiger partial charge is 0.488 e. The summed E-state index contributed by atoms with van der Waals surface area (Å²) < 4.78 is 11.1. The summed E-state index contributed by atoms with van der Waals surface area (Å²) in [4.78, 5) is 8.10. The van der Waals surface area contributed by atoms with Crippen LogP contribution in [0.1, 0.15) is 24.8 Å². The number of benzene rings is 1. The van der Waals surface area contributed by atoms with Crippen molar-refractivity contribution in [1.82, 2.24) is 15.1 Å². The van der Waals surface area contributed by atoms with E-state index in [9.17, 15) is 0 Å². The van der Waals surface area contributed by atoms with Crippen LogP contribution in [0.5, 0.6) is 5.75 Å². The number of rotatable bonds is 7. The minimum absolute atomic E-state index is 0.156. The average Bonchev–Trinajstić information content (AvgIpc) is 3.09. The molecule has 0 spiro atoms. The number of anilines is 2. The Morgan fingerprint density at radius 3 is 2.65 bits per heavy atom. The van der Waals surface area contributed by atoms with E-state index in [-0.39, 0.29) is 11.8 Å². The molecule has 0 saturated carbocycles. The lowest BCUT2D eigenvalue weighted by Crippen LogP contribution is -2.09. The van der Waals surface area contributed by atoms with Gasteiger partial charge in [-0.3, -0.25) is 0 Å². The van der Waals surface area contributed by atoms with Crippen molar-refractivity contribution in [1.29, 1.82) is 0 Å². The summed E-state index contributed by atoms with van der Waals surface area (Å²) >= 11 is 5.90. The van der Waals surface area contributed by atoms with Gasteiger partial charge in [0.1, 0.15) is 11.5 Å². The predicted molar refractivity (Wildman–Crippen MR) is 101 cm³/mol. The standard InChI is InChI=1S/C18H20ClN5O2/c1-2-14-16(17(20)23-18(21)22-14)25-9-3-4-13-10-15(24-26-13)11-5-7-12(19)8-6-11/h5-8,10H,2-4,9H2,1H3,(H4,20,21,22,23). The van der Waals surface area contributed by atoms with Crippen molar-refractivity contribution in [2.45, 2.75) is 26.2 Å². The number of nitrogens with zero attached hydrogens (tertiary/aromatic N) is 3. The highest BCUT2D eigenvalue weighted by atomic mass is 35.5. The summed E-state index contributed by atoms with van der Waals surface area (Å²) in [6.07, 6.45) is 2.10. The van der Waals surface area contributed by atoms with Crippen molar-refractivity contribution in [3.05, 3.63) is 46.8 Å². The number of nitrogens with two attached hydrogens (primary N) is 2. The van der Waals surface area contributed by atoms with Crippen molar-refractivity contribution in [2.24, 2.45) is 0 Å². The van der Waals surface area contributed by atoms with Crippen LogP contribution in [0.2, 0.25) is 5.02 Å². The molecule has 2 aromatic heterocycles. The number of ether oxygens (including phenoxy) is 1. The summed E-state index contributed by atoms with van der Waals surface area (Å²) in [6, 6.07) is 9.38. The molecular formula is C18H20ClN5O2. The molecule has 0 fully saturated rings. The number of hydrogen-bond acceptors (Lipinski definition) is 7. The topological polar surface area (TPSA) is 113 Å². The first kappa shape index (κ1) is 18.0. The Labute approximate surface area is 156 Å². The van der Waals surface area contributed by atoms with Gasteiger partial charge in [0.25, 0.3) is 0 Å². The lowest BCUT2D eigenvalue weighted by molar-refractivity contribution is 0.297. The second kappa shape index (κ2) is 8.05. The smallest absolute Gasteiger partial charge is 0.222 e. The number of halogens is 1. The van der Waals surface area contributed by atoms with E-state index in [0.717, 1.165) is 23.4 Å². The zero-order valence-corrected chi connectivity index (χ0v) is 15.2. The summed E-state index contributed by atoms with van der Waals surface area (Å²) in [5, 5.41) is 4.78. The fraction of sp³-hybridized carbons (Fsp3) is 0.278. The minimum atomic E-state index is 0.156. The van der Waals surface area contributed by atoms with Gasteiger partial charge >= 0.3 is 0 Å². The first-order chi connectivity index (χ1) is 12.6. The third kappa shape index (κ3) is 4.23. The van der Waals surface area contributed by atoms with Gasteiger partial charge in [-0.15, -0.1) is 0 Å². The number of nitrogen functional groups attached to an aromatic ring is 2. The molecule has 4 N–H and O–H groups in total. The molecule has 3 aromatic rings. The lowest BCUT2D eigenvalue weighted by Gasteiger charge is -2.11. The van der Waals surface area contributed by atoms with Gasteiger partial charge in [-0.05, 0) is 25.0 Å². The Morgan fingerprint density at radius 1 is 1.15 bits per heavy atom. The van der Waals surface area contributed by atoms with E-state index in [1.807, 2.05) is 37.3 Å². The maximum Gasteiger partial charge on any atom is 0.222 e. The van der Waals surface area contributed by atoms with Gasteiger partial charge in [0.2, 0.25) is 5.95 Å². The summed E-state index contributed by atoms with van der Waals surface area (Å²) in [7, 11) is 0. The number of aromatic nitrogens is 3. The first-order valence-electron chi connectivity index (χ1n) is 8.33. The molecule has 26 heavy (non-hydrogen) atoms. The highest BCUT2D eigenvalue weighted by molar-refractivity contribution is 6.30. The van der Waals surface area contributed by atoms with Gasteiger partial charge in [0.05, 0.1) is 12.3 Å². The van der Waals surface area contributed by atoms with E-state index in [1.54, 1.807) is 0 Å². The molecule has 0 aliphatic carbocycles. The fourth-order valence-corrected chi connectivity index (χ4v) is 2.67. The minimum Gasteiger partial charge on any atom is -0.488 e. The van der Waals surface area contributed by atoms with E-state index in [1.165, 1.54) is 0 Å². The van der Waals surface area contributed by atoms with Gasteiger partial charge in [-0.2, -0.15) is 4.98 Å². The van der Waals surface area contributed by atoms with Gasteiger partial charge in [0, 0.05) is 23.1 Å². The second-order valence-corrected chi connectivity index (χ2v) is 6.17. The van der Waals surface area contributed by atoms with E-state index < -0.39 is 0 Å². The van der Waals surface area contributed by atoms with Crippen LogP contribution in [0.25, 0.3) is 11.3 Å². The number of aryl methyl sites for hydroxylation is 2. The Morgan fingerprint density at radius 2 is 1.92 bits per heavy atom. The third-order valence-corrected chi connectivity index (χ3v) is 4.08. The maximum atomic E-state index is 5.90. The SMILES string of the molecule is CCc1nc(N)nc(N)c1OCCCc1cc(-c2ccc(Cl)cc2)no1. The zero-order valence-electron chi connectivity index (χ0n) is 14.4. The highest BCUT2D eigenvalue weighted by Crippen LogP contribution is 2.25. The van der Waals surface area contributed by atoms with Crippen molar-refractivity contribution < 1.29 is 9.26 Å². The fourth-order valence-electron chi connectivity index (χ4n) is 2.54. The molecule has 0 aliphatic heterocycles. The highest BCUT2D eigenvalue weighted by Gasteiger charge is 2.12. The molecule has 0 unspecified atom stereocenters. The zero-order chi connectivity index (χ0) is 18.5. The molecular weight excluding hydrogens is 354 g/mol. The molecule has 0 bridgehead atoms. The van der Waals surface area contributed by atoms with Gasteiger partial charge in [-0.1, -0.05) is 35.8 Å². The van der Waals surface area contributed by atoms with Crippen LogP contribution in [-0.2, 0) is 12.8 Å². The molecule has 0 radical (unpaired) electrons. The van der Waals surface area contributed by atoms with Crippen LogP contribution in [0.4, 0.5) is 11.8 Å². The van der Waals surface area contributed by atoms with Crippen LogP contribution in [-0.4, -0.2) is 21.7 Å². The Balaban J connectivity index is 1.56. The quantitative estimate of drug-likeness (QED) is 0.609. The molecule has 0 saturated heterocycles. The van der Waals surface area contributed by atoms with E-state index >= 15 is 0 Å². The second-order valence-electron chi connectivity index (χ2n) is 5.73. The molecule has 136 valence electrons. The van der Waals surface area contributed by atoms with E-state index in [4.69, 9.17) is 32.3 Å². The molecule has 2 heterocycles. The van der Waals surface area contributed by atoms with Crippen LogP contribution >= 0.6 is 11.6 Å². The average molecular weight is 374 g/mol. The normalized spacial score (nSPS) is 10.8.